The predicted molar refractivity (Wildman–Crippen MR) is 244 cm³/mol. The minimum atomic E-state index is -3.95. The number of carbonyl (C=O) groups excluding carboxylic acids is 2. The molecule has 5 N–H and O–H groups in total. The topological polar surface area (TPSA) is 289 Å². The van der Waals surface area contributed by atoms with E-state index in [1.165, 1.54) is 97.3 Å². The van der Waals surface area contributed by atoms with Gasteiger partial charge in [-0.3, -0.25) is 34.0 Å². The highest BCUT2D eigenvalue weighted by atomic mass is 35.5. The number of ether oxygens (including phenoxy) is 1. The first kappa shape index (κ1) is 47.4. The van der Waals surface area contributed by atoms with Crippen LogP contribution in [-0.2, 0) is 29.6 Å². The minimum absolute atomic E-state index is 0.0514. The summed E-state index contributed by atoms with van der Waals surface area (Å²) in [7, 11) is -7.91. The van der Waals surface area contributed by atoms with Crippen molar-refractivity contribution in [3.63, 3.8) is 0 Å². The number of halogens is 4. The number of amides is 1. The van der Waals surface area contributed by atoms with Gasteiger partial charge in [0, 0.05) is 46.1 Å². The van der Waals surface area contributed by atoms with Gasteiger partial charge >= 0.3 is 5.97 Å². The van der Waals surface area contributed by atoms with Crippen LogP contribution in [0.15, 0.2) is 148 Å². The number of nitrogens with one attached hydrogen (secondary N) is 5. The summed E-state index contributed by atoms with van der Waals surface area (Å²) in [6, 6.07) is 19.0. The summed E-state index contributed by atoms with van der Waals surface area (Å²) in [5.74, 6) is -2.06. The molecule has 4 aromatic carbocycles. The first-order valence-corrected chi connectivity index (χ1v) is 23.8. The van der Waals surface area contributed by atoms with E-state index in [0.717, 1.165) is 22.7 Å². The lowest BCUT2D eigenvalue weighted by atomic mass is 10.0. The molecule has 0 unspecified atom stereocenters. The number of H-pyrrole nitrogens is 2. The second-order valence-corrected chi connectivity index (χ2v) is 19.4. The lowest BCUT2D eigenvalue weighted by Gasteiger charge is -2.16. The van der Waals surface area contributed by atoms with E-state index in [9.17, 15) is 36.0 Å². The first-order chi connectivity index (χ1) is 30.5. The van der Waals surface area contributed by atoms with Gasteiger partial charge in [0.05, 0.1) is 32.5 Å². The zero-order valence-electron chi connectivity index (χ0n) is 31.5. The smallest absolute Gasteiger partial charge is 0.344 e. The number of aromatic amines is 2. The highest BCUT2D eigenvalue weighted by Gasteiger charge is 2.24. The molecule has 0 fully saturated rings. The molecule has 7 rings (SSSR count). The number of thiazole rings is 2. The maximum absolute atomic E-state index is 12.8. The number of rotatable bonds is 14. The fourth-order valence-electron chi connectivity index (χ4n) is 4.98. The molecule has 0 bridgehead atoms. The van der Waals surface area contributed by atoms with Gasteiger partial charge in [0.2, 0.25) is 4.84 Å². The highest BCUT2D eigenvalue weighted by molar-refractivity contribution is 7.93. The number of nitrogens with zero attached hydrogens (tertiary/aromatic N) is 6. The van der Waals surface area contributed by atoms with Gasteiger partial charge in [-0.15, -0.1) is 32.9 Å². The van der Waals surface area contributed by atoms with Crippen molar-refractivity contribution in [1.29, 1.82) is 0 Å². The van der Waals surface area contributed by atoms with Crippen molar-refractivity contribution in [2.75, 3.05) is 14.8 Å². The van der Waals surface area contributed by atoms with E-state index >= 15 is 0 Å². The number of hydrogen-bond acceptors (Lipinski definition) is 17. The summed E-state index contributed by atoms with van der Waals surface area (Å²) in [5, 5.41) is 27.9. The average Bonchev–Trinajstić information content (AvgIpc) is 3.98. The molecule has 1 amide bonds. The van der Waals surface area contributed by atoms with Gasteiger partial charge < -0.3 is 10.1 Å². The summed E-state index contributed by atoms with van der Waals surface area (Å²) < 4.78 is 61.6. The van der Waals surface area contributed by atoms with Crippen molar-refractivity contribution < 1.29 is 31.2 Å². The summed E-state index contributed by atoms with van der Waals surface area (Å²) in [5.41, 5.74) is -0.104. The van der Waals surface area contributed by atoms with Gasteiger partial charge in [-0.2, -0.15) is 10.2 Å². The Morgan fingerprint density at radius 3 is 1.59 bits per heavy atom. The Labute approximate surface area is 388 Å². The van der Waals surface area contributed by atoms with Crippen LogP contribution in [0.4, 0.5) is 38.7 Å². The van der Waals surface area contributed by atoms with Gasteiger partial charge in [0.25, 0.3) is 37.1 Å². The largest absolute Gasteiger partial charge is 0.421 e. The molecule has 7 aromatic rings. The fourth-order valence-corrected chi connectivity index (χ4v) is 8.76. The number of azo groups is 2. The number of esters is 1. The molecule has 28 heteroatoms. The van der Waals surface area contributed by atoms with E-state index in [4.69, 9.17) is 51.1 Å². The van der Waals surface area contributed by atoms with Crippen LogP contribution in [-0.4, -0.2) is 58.5 Å². The molecule has 330 valence electrons. The lowest BCUT2D eigenvalue weighted by molar-refractivity contribution is -0.132. The number of aromatic nitrogens is 4. The zero-order chi connectivity index (χ0) is 46.0. The monoisotopic (exact) mass is 1020 g/mol. The SMILES string of the molecule is O=C(Nc1cccc2c(OC(=O)C(Cl)Cl)c(N=Nc3ccc(S(=O)(=O)Nc4nccs4)cc3)cc(N=Nc3ccc(S(=O)(=O)Nc4nccs4)cc3)c12)C(Cl)Cl.O=c1ccc(=O)[nH][nH]1. The third-order valence-corrected chi connectivity index (χ3v) is 12.8. The molecule has 0 radical (unpaired) electrons. The normalized spacial score (nSPS) is 11.8. The Bertz CT molecular complexity index is 3140. The Balaban J connectivity index is 0.000000766. The van der Waals surface area contributed by atoms with Crippen molar-refractivity contribution >= 4 is 150 Å². The number of sulfonamides is 2. The van der Waals surface area contributed by atoms with E-state index in [1.807, 2.05) is 0 Å². The molecular formula is C36H25Cl4N11O9S4. The number of anilines is 3. The van der Waals surface area contributed by atoms with Crippen LogP contribution in [0.25, 0.3) is 10.8 Å². The Kier molecular flexibility index (Phi) is 15.6. The second kappa shape index (κ2) is 21.0. The third-order valence-electron chi connectivity index (χ3n) is 7.75. The third kappa shape index (κ3) is 12.5. The standard InChI is InChI=1S/C32H21Cl4N9O7S4.C4H4N2O2/c33-27(34)29(46)39-22-3-1-2-21-25(22)23(42-40-17-4-8-19(9-5-17)55(48,49)44-31-37-12-14-53-31)16-24(26(21)52-30(47)28(35)36)43-41-18-6-10-20(11-7-18)56(50,51)45-32-38-13-15-54-32;7-3-1-2-4(8)6-5-3/h1-16,27-28H,(H,37,44)(H,38,45)(H,39,46);1-2H,(H,5,7)(H,6,8). The van der Waals surface area contributed by atoms with E-state index < -0.39 is 41.6 Å². The molecule has 0 aliphatic rings. The van der Waals surface area contributed by atoms with Crippen LogP contribution in [0.1, 0.15) is 0 Å². The summed E-state index contributed by atoms with van der Waals surface area (Å²) in [4.78, 5) is 50.4. The quantitative estimate of drug-likeness (QED) is 0.0297. The number of carbonyl (C=O) groups is 2. The maximum atomic E-state index is 12.8. The van der Waals surface area contributed by atoms with Crippen molar-refractivity contribution in [1.82, 2.24) is 20.2 Å². The number of alkyl halides is 4. The average molecular weight is 1030 g/mol. The molecule has 64 heavy (non-hydrogen) atoms. The first-order valence-electron chi connectivity index (χ1n) is 17.3. The van der Waals surface area contributed by atoms with Crippen molar-refractivity contribution in [2.24, 2.45) is 20.5 Å². The van der Waals surface area contributed by atoms with Crippen LogP contribution in [0.2, 0.25) is 0 Å². The number of fused-ring (bicyclic) bond motifs is 1. The predicted octanol–water partition coefficient (Wildman–Crippen LogP) is 8.70. The highest BCUT2D eigenvalue weighted by Crippen LogP contribution is 2.46. The van der Waals surface area contributed by atoms with Gasteiger partial charge in [-0.1, -0.05) is 58.5 Å². The summed E-state index contributed by atoms with van der Waals surface area (Å²) in [6.07, 6.45) is 2.92. The van der Waals surface area contributed by atoms with Crippen LogP contribution in [0.5, 0.6) is 5.75 Å². The summed E-state index contributed by atoms with van der Waals surface area (Å²) in [6.45, 7) is 0. The van der Waals surface area contributed by atoms with Crippen LogP contribution in [0.3, 0.4) is 0 Å². The molecule has 0 spiro atoms. The zero-order valence-corrected chi connectivity index (χ0v) is 37.8. The lowest BCUT2D eigenvalue weighted by Crippen LogP contribution is -2.19. The van der Waals surface area contributed by atoms with Crippen molar-refractivity contribution in [2.45, 2.75) is 19.5 Å². The Morgan fingerprint density at radius 1 is 0.656 bits per heavy atom. The van der Waals surface area contributed by atoms with Crippen LogP contribution >= 0.6 is 69.1 Å². The van der Waals surface area contributed by atoms with Crippen molar-refractivity contribution in [3.05, 3.63) is 129 Å². The van der Waals surface area contributed by atoms with E-state index in [1.54, 1.807) is 10.8 Å². The Morgan fingerprint density at radius 2 is 1.16 bits per heavy atom. The fraction of sp³-hybridized carbons (Fsp3) is 0.0556. The van der Waals surface area contributed by atoms with Gasteiger partial charge in [0.15, 0.2) is 20.8 Å². The molecule has 0 saturated carbocycles. The molecule has 0 atom stereocenters. The van der Waals surface area contributed by atoms with Gasteiger partial charge in [0.1, 0.15) is 5.69 Å². The molecule has 0 saturated heterocycles. The minimum Gasteiger partial charge on any atom is -0.421 e. The van der Waals surface area contributed by atoms with Crippen molar-refractivity contribution in [3.8, 4) is 5.75 Å². The molecule has 3 aromatic heterocycles. The Hall–Kier alpha value is -6.12. The molecule has 3 heterocycles. The number of hydrogen-bond donors (Lipinski definition) is 5. The van der Waals surface area contributed by atoms with E-state index in [-0.39, 0.29) is 76.1 Å². The molecular weight excluding hydrogens is 1000 g/mol. The molecule has 0 aliphatic carbocycles. The van der Waals surface area contributed by atoms with E-state index in [0.29, 0.717) is 0 Å². The summed E-state index contributed by atoms with van der Waals surface area (Å²) >= 11 is 25.5. The van der Waals surface area contributed by atoms with Crippen LogP contribution in [0, 0.1) is 0 Å². The second-order valence-electron chi connectivity index (χ2n) is 12.1. The van der Waals surface area contributed by atoms with Crippen LogP contribution < -0.4 is 30.6 Å². The molecule has 20 nitrogen and oxygen atoms in total. The van der Waals surface area contributed by atoms with Gasteiger partial charge in [-0.25, -0.2) is 31.6 Å². The number of benzene rings is 4. The molecule has 0 aliphatic heterocycles. The van der Waals surface area contributed by atoms with E-state index in [2.05, 4.69) is 55.4 Å². The van der Waals surface area contributed by atoms with Gasteiger partial charge in [-0.05, 0) is 60.7 Å². The maximum Gasteiger partial charge on any atom is 0.344 e.